The molecule has 8 heteroatoms. The van der Waals surface area contributed by atoms with Crippen LogP contribution in [0.3, 0.4) is 0 Å². The number of anilines is 1. The van der Waals surface area contributed by atoms with Crippen LogP contribution in [0.2, 0.25) is 10.0 Å². The van der Waals surface area contributed by atoms with Crippen molar-refractivity contribution in [3.63, 3.8) is 0 Å². The highest BCUT2D eigenvalue weighted by atomic mass is 35.5. The Morgan fingerprint density at radius 1 is 1.17 bits per heavy atom. The molecule has 30 heavy (non-hydrogen) atoms. The fourth-order valence-corrected chi connectivity index (χ4v) is 3.83. The number of rotatable bonds is 5. The minimum absolute atomic E-state index is 0.0378. The lowest BCUT2D eigenvalue weighted by Gasteiger charge is -2.24. The van der Waals surface area contributed by atoms with Crippen LogP contribution < -0.4 is 5.32 Å². The van der Waals surface area contributed by atoms with Gasteiger partial charge in [0.1, 0.15) is 6.04 Å². The van der Waals surface area contributed by atoms with Crippen molar-refractivity contribution in [3.8, 4) is 0 Å². The summed E-state index contributed by atoms with van der Waals surface area (Å²) >= 11 is 12.2. The molecule has 0 bridgehead atoms. The van der Waals surface area contributed by atoms with E-state index in [9.17, 15) is 14.4 Å². The Balaban J connectivity index is 1.73. The van der Waals surface area contributed by atoms with Crippen molar-refractivity contribution < 1.29 is 14.4 Å². The van der Waals surface area contributed by atoms with Crippen molar-refractivity contribution in [3.05, 3.63) is 63.6 Å². The van der Waals surface area contributed by atoms with Crippen LogP contribution in [-0.4, -0.2) is 47.2 Å². The summed E-state index contributed by atoms with van der Waals surface area (Å²) < 4.78 is 0. The fourth-order valence-electron chi connectivity index (χ4n) is 3.46. The van der Waals surface area contributed by atoms with Gasteiger partial charge in [0.05, 0.1) is 10.6 Å². The average Bonchev–Trinajstić information content (AvgIpc) is 3.19. The number of hydrogen-bond acceptors (Lipinski definition) is 3. The van der Waals surface area contributed by atoms with Gasteiger partial charge in [-0.15, -0.1) is 0 Å². The molecule has 0 aromatic heterocycles. The lowest BCUT2D eigenvalue weighted by Crippen LogP contribution is -2.43. The summed E-state index contributed by atoms with van der Waals surface area (Å²) in [5.41, 5.74) is 1.81. The molecule has 2 aromatic rings. The zero-order chi connectivity index (χ0) is 21.8. The quantitative estimate of drug-likeness (QED) is 0.745. The molecular weight excluding hydrogens is 425 g/mol. The van der Waals surface area contributed by atoms with Crippen LogP contribution in [0.25, 0.3) is 0 Å². The van der Waals surface area contributed by atoms with Gasteiger partial charge in [-0.2, -0.15) is 0 Å². The van der Waals surface area contributed by atoms with E-state index in [0.717, 1.165) is 12.0 Å². The van der Waals surface area contributed by atoms with Gasteiger partial charge in [-0.3, -0.25) is 14.4 Å². The van der Waals surface area contributed by atoms with E-state index < -0.39 is 6.04 Å². The predicted molar refractivity (Wildman–Crippen MR) is 118 cm³/mol. The van der Waals surface area contributed by atoms with Gasteiger partial charge in [0, 0.05) is 37.8 Å². The van der Waals surface area contributed by atoms with E-state index in [4.69, 9.17) is 23.2 Å². The first kappa shape index (κ1) is 22.1. The van der Waals surface area contributed by atoms with E-state index in [2.05, 4.69) is 5.32 Å². The molecule has 1 heterocycles. The van der Waals surface area contributed by atoms with Gasteiger partial charge < -0.3 is 15.1 Å². The first-order valence-electron chi connectivity index (χ1n) is 9.64. The molecule has 158 valence electrons. The third-order valence-corrected chi connectivity index (χ3v) is 5.69. The Bertz CT molecular complexity index is 980. The second-order valence-electron chi connectivity index (χ2n) is 7.35. The predicted octanol–water partition coefficient (Wildman–Crippen LogP) is 4.22. The smallest absolute Gasteiger partial charge is 0.256 e. The first-order chi connectivity index (χ1) is 14.3. The van der Waals surface area contributed by atoms with Crippen molar-refractivity contribution >= 4 is 46.6 Å². The van der Waals surface area contributed by atoms with Crippen LogP contribution in [0.15, 0.2) is 42.5 Å². The monoisotopic (exact) mass is 447 g/mol. The lowest BCUT2D eigenvalue weighted by atomic mass is 10.1. The molecular formula is C22H23Cl2N3O3. The van der Waals surface area contributed by atoms with Gasteiger partial charge in [-0.25, -0.2) is 0 Å². The number of halogens is 2. The topological polar surface area (TPSA) is 69.7 Å². The van der Waals surface area contributed by atoms with Crippen LogP contribution in [-0.2, 0) is 16.1 Å². The molecule has 0 saturated carbocycles. The molecule has 1 saturated heterocycles. The van der Waals surface area contributed by atoms with Crippen LogP contribution in [0.4, 0.5) is 5.69 Å². The summed E-state index contributed by atoms with van der Waals surface area (Å²) in [6, 6.07) is 11.4. The second-order valence-corrected chi connectivity index (χ2v) is 8.19. The molecule has 0 aliphatic carbocycles. The Kier molecular flexibility index (Phi) is 7.00. The maximum Gasteiger partial charge on any atom is 0.256 e. The zero-order valence-corrected chi connectivity index (χ0v) is 18.3. The number of carbonyl (C=O) groups excluding carboxylic acids is 3. The summed E-state index contributed by atoms with van der Waals surface area (Å²) in [6.07, 6.45) is 1.30. The summed E-state index contributed by atoms with van der Waals surface area (Å²) in [4.78, 5) is 40.5. The molecule has 2 aromatic carbocycles. The highest BCUT2D eigenvalue weighted by molar-refractivity contribution is 6.35. The summed E-state index contributed by atoms with van der Waals surface area (Å²) in [6.45, 7) is 2.42. The van der Waals surface area contributed by atoms with Crippen LogP contribution in [0, 0.1) is 0 Å². The molecule has 3 amide bonds. The molecule has 1 fully saturated rings. The fraction of sp³-hybridized carbons (Fsp3) is 0.318. The number of nitrogens with zero attached hydrogens (tertiary/aromatic N) is 2. The van der Waals surface area contributed by atoms with Gasteiger partial charge in [-0.1, -0.05) is 35.3 Å². The van der Waals surface area contributed by atoms with E-state index in [1.165, 1.54) is 13.0 Å². The lowest BCUT2D eigenvalue weighted by molar-refractivity contribution is -0.128. The molecule has 3 rings (SSSR count). The molecule has 1 N–H and O–H groups in total. The minimum atomic E-state index is -0.587. The number of carbonyl (C=O) groups is 3. The highest BCUT2D eigenvalue weighted by Crippen LogP contribution is 2.27. The maximum absolute atomic E-state index is 13.0. The number of likely N-dealkylation sites (tertiary alicyclic amines) is 1. The van der Waals surface area contributed by atoms with Gasteiger partial charge in [0.2, 0.25) is 11.8 Å². The van der Waals surface area contributed by atoms with Gasteiger partial charge >= 0.3 is 0 Å². The Morgan fingerprint density at radius 2 is 1.93 bits per heavy atom. The molecule has 1 aliphatic heterocycles. The number of amides is 3. The third-order valence-electron chi connectivity index (χ3n) is 5.13. The number of nitrogens with one attached hydrogen (secondary N) is 1. The van der Waals surface area contributed by atoms with Gasteiger partial charge in [0.15, 0.2) is 0 Å². The first-order valence-corrected chi connectivity index (χ1v) is 10.4. The molecule has 0 radical (unpaired) electrons. The van der Waals surface area contributed by atoms with E-state index in [0.29, 0.717) is 35.2 Å². The SMILES string of the molecule is CC(=O)N(C)Cc1cccc(NC(=O)C2CCCN2C(=O)c2cc(Cl)ccc2Cl)c1. The van der Waals surface area contributed by atoms with E-state index >= 15 is 0 Å². The standard InChI is InChI=1S/C22H23Cl2N3O3/c1-14(28)26(2)13-15-5-3-6-17(11-15)25-21(29)20-7-4-10-27(20)22(30)18-12-16(23)8-9-19(18)24/h3,5-6,8-9,11-12,20H,4,7,10,13H2,1-2H3,(H,25,29). The second kappa shape index (κ2) is 9.49. The summed E-state index contributed by atoms with van der Waals surface area (Å²) in [5.74, 6) is -0.600. The molecule has 1 atom stereocenters. The summed E-state index contributed by atoms with van der Waals surface area (Å²) in [5, 5.41) is 3.61. The van der Waals surface area contributed by atoms with Crippen LogP contribution >= 0.6 is 23.2 Å². The van der Waals surface area contributed by atoms with Crippen molar-refractivity contribution in [2.75, 3.05) is 18.9 Å². The van der Waals surface area contributed by atoms with Gasteiger partial charge in [-0.05, 0) is 48.7 Å². The Morgan fingerprint density at radius 3 is 2.67 bits per heavy atom. The highest BCUT2D eigenvalue weighted by Gasteiger charge is 2.35. The molecule has 6 nitrogen and oxygen atoms in total. The zero-order valence-electron chi connectivity index (χ0n) is 16.8. The van der Waals surface area contributed by atoms with Crippen molar-refractivity contribution in [1.29, 1.82) is 0 Å². The number of benzene rings is 2. The van der Waals surface area contributed by atoms with Crippen molar-refractivity contribution in [2.24, 2.45) is 0 Å². The van der Waals surface area contributed by atoms with Gasteiger partial charge in [0.25, 0.3) is 5.91 Å². The molecule has 1 unspecified atom stereocenters. The van der Waals surface area contributed by atoms with Crippen molar-refractivity contribution in [2.45, 2.75) is 32.4 Å². The third kappa shape index (κ3) is 5.12. The average molecular weight is 448 g/mol. The van der Waals surface area contributed by atoms with Crippen molar-refractivity contribution in [1.82, 2.24) is 9.80 Å². The summed E-state index contributed by atoms with van der Waals surface area (Å²) in [7, 11) is 1.72. The Labute approximate surface area is 185 Å². The normalized spacial score (nSPS) is 15.7. The minimum Gasteiger partial charge on any atom is -0.342 e. The molecule has 1 aliphatic rings. The van der Waals surface area contributed by atoms with E-state index in [1.54, 1.807) is 35.0 Å². The maximum atomic E-state index is 13.0. The molecule has 0 spiro atoms. The van der Waals surface area contributed by atoms with Crippen LogP contribution in [0.5, 0.6) is 0 Å². The number of hydrogen-bond donors (Lipinski definition) is 1. The van der Waals surface area contributed by atoms with E-state index in [1.807, 2.05) is 18.2 Å². The Hall–Kier alpha value is -2.57. The van der Waals surface area contributed by atoms with Crippen LogP contribution in [0.1, 0.15) is 35.7 Å². The largest absolute Gasteiger partial charge is 0.342 e. The van der Waals surface area contributed by atoms with E-state index in [-0.39, 0.29) is 23.3 Å².